The fourth-order valence-corrected chi connectivity index (χ4v) is 3.03. The molecule has 2 N–H and O–H groups in total. The van der Waals surface area contributed by atoms with Crippen molar-refractivity contribution in [1.82, 2.24) is 9.97 Å². The van der Waals surface area contributed by atoms with Crippen LogP contribution in [0.5, 0.6) is 0 Å². The lowest BCUT2D eigenvalue weighted by Crippen LogP contribution is -1.94. The van der Waals surface area contributed by atoms with E-state index in [1.807, 2.05) is 12.6 Å². The number of anilines is 1. The Labute approximate surface area is 107 Å². The van der Waals surface area contributed by atoms with Crippen molar-refractivity contribution >= 4 is 27.4 Å². The molecule has 0 radical (unpaired) electrons. The quantitative estimate of drug-likeness (QED) is 0.725. The molecule has 0 amide bonds. The summed E-state index contributed by atoms with van der Waals surface area (Å²) in [7, 11) is 1.99. The van der Waals surface area contributed by atoms with Gasteiger partial charge in [0.15, 0.2) is 5.65 Å². The van der Waals surface area contributed by atoms with Crippen molar-refractivity contribution < 1.29 is 0 Å². The monoisotopic (exact) mass is 251 g/mol. The van der Waals surface area contributed by atoms with Crippen LogP contribution < -0.4 is 5.32 Å². The molecule has 0 spiro atoms. The third-order valence-electron chi connectivity index (χ3n) is 3.15. The largest absolute Gasteiger partial charge is 0.385 e. The lowest BCUT2D eigenvalue weighted by molar-refractivity contribution is 0.629. The van der Waals surface area contributed by atoms with Crippen LogP contribution in [0.1, 0.15) is 44.7 Å². The van der Waals surface area contributed by atoms with Gasteiger partial charge in [-0.15, -0.1) is 11.3 Å². The van der Waals surface area contributed by atoms with E-state index in [0.29, 0.717) is 0 Å². The van der Waals surface area contributed by atoms with Crippen molar-refractivity contribution in [3.63, 3.8) is 0 Å². The average Bonchev–Trinajstić information content (AvgIpc) is 2.88. The fourth-order valence-electron chi connectivity index (χ4n) is 2.21. The highest BCUT2D eigenvalue weighted by molar-refractivity contribution is 7.17. The Balaban J connectivity index is 1.95. The summed E-state index contributed by atoms with van der Waals surface area (Å²) < 4.78 is 1.26. The number of H-pyrrole nitrogens is 1. The number of fused-ring (bicyclic) bond motifs is 1. The van der Waals surface area contributed by atoms with Gasteiger partial charge in [-0.25, -0.2) is 4.98 Å². The van der Waals surface area contributed by atoms with Crippen molar-refractivity contribution in [1.29, 1.82) is 0 Å². The molecule has 0 aliphatic heterocycles. The van der Waals surface area contributed by atoms with Crippen molar-refractivity contribution in [2.75, 3.05) is 12.4 Å². The second kappa shape index (κ2) is 6.05. The molecule has 3 nitrogen and oxygen atoms in total. The minimum absolute atomic E-state index is 1.03. The SMILES string of the molecule is CCCCCCCc1[nH]c2ncsc2c1NC. The highest BCUT2D eigenvalue weighted by Crippen LogP contribution is 2.31. The molecule has 2 aromatic rings. The normalized spacial score (nSPS) is 11.2. The van der Waals surface area contributed by atoms with Gasteiger partial charge in [0.25, 0.3) is 0 Å². The molecule has 0 aliphatic carbocycles. The summed E-state index contributed by atoms with van der Waals surface area (Å²) in [5, 5.41) is 3.30. The minimum Gasteiger partial charge on any atom is -0.385 e. The smallest absolute Gasteiger partial charge is 0.150 e. The molecule has 0 fully saturated rings. The van der Waals surface area contributed by atoms with Crippen LogP contribution in [0.3, 0.4) is 0 Å². The predicted octanol–water partition coefficient (Wildman–Crippen LogP) is 4.18. The van der Waals surface area contributed by atoms with Crippen LogP contribution in [-0.4, -0.2) is 17.0 Å². The second-order valence-electron chi connectivity index (χ2n) is 4.42. The number of thiazole rings is 1. The lowest BCUT2D eigenvalue weighted by Gasteiger charge is -2.03. The van der Waals surface area contributed by atoms with Gasteiger partial charge < -0.3 is 10.3 Å². The van der Waals surface area contributed by atoms with Gasteiger partial charge in [0.2, 0.25) is 0 Å². The van der Waals surface area contributed by atoms with Crippen molar-refractivity contribution in [2.24, 2.45) is 0 Å². The van der Waals surface area contributed by atoms with E-state index in [0.717, 1.165) is 12.1 Å². The van der Waals surface area contributed by atoms with Gasteiger partial charge in [0.1, 0.15) is 0 Å². The van der Waals surface area contributed by atoms with E-state index >= 15 is 0 Å². The van der Waals surface area contributed by atoms with Gasteiger partial charge in [-0.1, -0.05) is 32.6 Å². The van der Waals surface area contributed by atoms with Gasteiger partial charge in [-0.2, -0.15) is 0 Å². The summed E-state index contributed by atoms with van der Waals surface area (Å²) in [6, 6.07) is 0. The molecular formula is C13H21N3S. The fraction of sp³-hybridized carbons (Fsp3) is 0.615. The van der Waals surface area contributed by atoms with E-state index in [-0.39, 0.29) is 0 Å². The number of nitrogens with one attached hydrogen (secondary N) is 2. The predicted molar refractivity (Wildman–Crippen MR) is 76.0 cm³/mol. The standard InChI is InChI=1S/C13H21N3S/c1-3-4-5-6-7-8-10-11(14-2)12-13(16-10)15-9-17-12/h9,14,16H,3-8H2,1-2H3. The Morgan fingerprint density at radius 2 is 2.12 bits per heavy atom. The molecule has 0 bridgehead atoms. The Kier molecular flexibility index (Phi) is 4.42. The third-order valence-corrected chi connectivity index (χ3v) is 3.99. The van der Waals surface area contributed by atoms with Crippen molar-refractivity contribution in [2.45, 2.75) is 45.4 Å². The molecule has 0 aromatic carbocycles. The van der Waals surface area contributed by atoms with E-state index in [9.17, 15) is 0 Å². The van der Waals surface area contributed by atoms with E-state index in [1.165, 1.54) is 48.2 Å². The molecule has 2 heterocycles. The Hall–Kier alpha value is -1.03. The maximum atomic E-state index is 4.33. The zero-order chi connectivity index (χ0) is 12.1. The number of aryl methyl sites for hydroxylation is 1. The maximum absolute atomic E-state index is 4.33. The number of aromatic amines is 1. The number of unbranched alkanes of at least 4 members (excludes halogenated alkanes) is 4. The van der Waals surface area contributed by atoms with Gasteiger partial charge in [-0.05, 0) is 12.8 Å². The molecule has 4 heteroatoms. The Morgan fingerprint density at radius 3 is 2.88 bits per heavy atom. The lowest BCUT2D eigenvalue weighted by atomic mass is 10.1. The summed E-state index contributed by atoms with van der Waals surface area (Å²) in [6.45, 7) is 2.25. The molecule has 2 rings (SSSR count). The van der Waals surface area contributed by atoms with Gasteiger partial charge >= 0.3 is 0 Å². The molecule has 0 saturated carbocycles. The summed E-state index contributed by atoms with van der Waals surface area (Å²) in [6.07, 6.45) is 7.76. The number of hydrogen-bond donors (Lipinski definition) is 2. The number of rotatable bonds is 7. The maximum Gasteiger partial charge on any atom is 0.150 e. The summed E-state index contributed by atoms with van der Waals surface area (Å²) in [5.74, 6) is 0. The molecule has 94 valence electrons. The van der Waals surface area contributed by atoms with E-state index in [1.54, 1.807) is 11.3 Å². The highest BCUT2D eigenvalue weighted by atomic mass is 32.1. The molecule has 17 heavy (non-hydrogen) atoms. The van der Waals surface area contributed by atoms with Crippen LogP contribution in [-0.2, 0) is 6.42 Å². The topological polar surface area (TPSA) is 40.7 Å². The first-order valence-electron chi connectivity index (χ1n) is 6.48. The summed E-state index contributed by atoms with van der Waals surface area (Å²) >= 11 is 1.70. The van der Waals surface area contributed by atoms with E-state index in [2.05, 4.69) is 22.2 Å². The number of hydrogen-bond acceptors (Lipinski definition) is 3. The molecule has 0 saturated heterocycles. The Morgan fingerprint density at radius 1 is 1.29 bits per heavy atom. The summed E-state index contributed by atoms with van der Waals surface area (Å²) in [5.41, 5.74) is 5.49. The molecule has 2 aromatic heterocycles. The highest BCUT2D eigenvalue weighted by Gasteiger charge is 2.11. The first-order chi connectivity index (χ1) is 8.36. The zero-order valence-corrected chi connectivity index (χ0v) is 11.5. The number of aromatic nitrogens is 2. The molecular weight excluding hydrogens is 230 g/mol. The minimum atomic E-state index is 1.03. The van der Waals surface area contributed by atoms with Crippen LogP contribution in [0, 0.1) is 0 Å². The van der Waals surface area contributed by atoms with E-state index < -0.39 is 0 Å². The van der Waals surface area contributed by atoms with Crippen LogP contribution in [0.4, 0.5) is 5.69 Å². The van der Waals surface area contributed by atoms with Crippen LogP contribution in [0.15, 0.2) is 5.51 Å². The van der Waals surface area contributed by atoms with Gasteiger partial charge in [0, 0.05) is 12.7 Å². The first-order valence-corrected chi connectivity index (χ1v) is 7.36. The van der Waals surface area contributed by atoms with Crippen LogP contribution in [0.2, 0.25) is 0 Å². The second-order valence-corrected chi connectivity index (χ2v) is 5.28. The van der Waals surface area contributed by atoms with Gasteiger partial charge in [0.05, 0.1) is 15.9 Å². The molecule has 0 aliphatic rings. The average molecular weight is 251 g/mol. The first kappa shape index (κ1) is 12.4. The molecule has 0 atom stereocenters. The van der Waals surface area contributed by atoms with Crippen molar-refractivity contribution in [3.8, 4) is 0 Å². The zero-order valence-electron chi connectivity index (χ0n) is 10.7. The van der Waals surface area contributed by atoms with E-state index in [4.69, 9.17) is 0 Å². The third kappa shape index (κ3) is 2.80. The summed E-state index contributed by atoms with van der Waals surface area (Å²) in [4.78, 5) is 7.75. The Bertz CT molecular complexity index is 458. The number of nitrogens with zero attached hydrogens (tertiary/aromatic N) is 1. The van der Waals surface area contributed by atoms with Crippen LogP contribution in [0.25, 0.3) is 10.3 Å². The molecule has 0 unspecified atom stereocenters. The van der Waals surface area contributed by atoms with Crippen LogP contribution >= 0.6 is 11.3 Å². The van der Waals surface area contributed by atoms with Gasteiger partial charge in [-0.3, -0.25) is 0 Å². The van der Waals surface area contributed by atoms with Crippen molar-refractivity contribution in [3.05, 3.63) is 11.2 Å².